The molecule has 10 heteroatoms. The molecule has 2 aromatic heterocycles. The van der Waals surface area contributed by atoms with Crippen molar-refractivity contribution in [2.24, 2.45) is 0 Å². The second-order valence-corrected chi connectivity index (χ2v) is 10.6. The third-order valence-corrected chi connectivity index (χ3v) is 9.68. The summed E-state index contributed by atoms with van der Waals surface area (Å²) in [5.41, 5.74) is 4.05. The number of benzene rings is 1. The molecule has 1 radical (unpaired) electrons. The third kappa shape index (κ3) is 4.92. The van der Waals surface area contributed by atoms with Crippen LogP contribution in [0.25, 0.3) is 0 Å². The molecule has 3 heterocycles. The van der Waals surface area contributed by atoms with Crippen LogP contribution < -0.4 is 24.8 Å². The zero-order valence-electron chi connectivity index (χ0n) is 17.0. The van der Waals surface area contributed by atoms with E-state index in [0.717, 1.165) is 32.1 Å². The molecule has 0 atom stereocenters. The number of amides is 2. The quantitative estimate of drug-likeness (QED) is 0.447. The molecule has 159 valence electrons. The van der Waals surface area contributed by atoms with Gasteiger partial charge in [0, 0.05) is 0 Å². The molecule has 0 bridgehead atoms. The van der Waals surface area contributed by atoms with Crippen LogP contribution >= 0.6 is 22.9 Å². The van der Waals surface area contributed by atoms with E-state index in [1.54, 1.807) is 13.2 Å². The molecule has 1 aromatic carbocycles. The molecule has 1 aliphatic heterocycles. The number of aryl methyl sites for hydroxylation is 1. The molecular weight excluding hydrogens is 497 g/mol. The third-order valence-electron chi connectivity index (χ3n) is 4.85. The van der Waals surface area contributed by atoms with Crippen LogP contribution in [0.4, 0.5) is 11.6 Å². The Morgan fingerprint density at radius 1 is 1.32 bits per heavy atom. The van der Waals surface area contributed by atoms with Crippen molar-refractivity contribution in [1.29, 1.82) is 0 Å². The van der Waals surface area contributed by atoms with Crippen molar-refractivity contribution >= 4 is 71.0 Å². The van der Waals surface area contributed by atoms with Crippen molar-refractivity contribution in [3.63, 3.8) is 0 Å². The molecule has 4 rings (SSSR count). The van der Waals surface area contributed by atoms with Crippen LogP contribution in [0.1, 0.15) is 26.4 Å². The summed E-state index contributed by atoms with van der Waals surface area (Å²) < 4.78 is 1.74. The van der Waals surface area contributed by atoms with E-state index in [-0.39, 0.29) is 11.8 Å². The van der Waals surface area contributed by atoms with Gasteiger partial charge in [0.1, 0.15) is 0 Å². The zero-order chi connectivity index (χ0) is 22.0. The van der Waals surface area contributed by atoms with Crippen molar-refractivity contribution in [2.75, 3.05) is 18.9 Å². The van der Waals surface area contributed by atoms with Crippen molar-refractivity contribution in [3.8, 4) is 0 Å². The fourth-order valence-corrected chi connectivity index (χ4v) is 7.26. The van der Waals surface area contributed by atoms with Crippen LogP contribution in [0.15, 0.2) is 29.8 Å². The molecule has 3 N–H and O–H groups in total. The molecule has 0 aliphatic carbocycles. The molecule has 0 saturated carbocycles. The summed E-state index contributed by atoms with van der Waals surface area (Å²) in [4.78, 5) is 33.7. The topological polar surface area (TPSA) is 96.0 Å². The molecule has 0 spiro atoms. The van der Waals surface area contributed by atoms with Gasteiger partial charge in [-0.05, 0) is 0 Å². The van der Waals surface area contributed by atoms with E-state index >= 15 is 0 Å². The summed E-state index contributed by atoms with van der Waals surface area (Å²) in [5, 5.41) is 11.3. The van der Waals surface area contributed by atoms with Crippen LogP contribution in [0, 0.1) is 6.92 Å². The van der Waals surface area contributed by atoms with Crippen LogP contribution in [-0.2, 0) is 17.6 Å². The van der Waals surface area contributed by atoms with E-state index in [9.17, 15) is 9.59 Å². The van der Waals surface area contributed by atoms with Gasteiger partial charge in [0.2, 0.25) is 0 Å². The van der Waals surface area contributed by atoms with E-state index in [0.29, 0.717) is 28.8 Å². The number of thiophene rings is 1. The summed E-state index contributed by atoms with van der Waals surface area (Å²) in [6.07, 6.45) is 2.77. The number of nitrogens with one attached hydrogen (secondary N) is 3. The van der Waals surface area contributed by atoms with E-state index in [1.807, 2.05) is 30.5 Å². The van der Waals surface area contributed by atoms with Gasteiger partial charge in [0.25, 0.3) is 0 Å². The Labute approximate surface area is 195 Å². The van der Waals surface area contributed by atoms with Gasteiger partial charge in [-0.1, -0.05) is 0 Å². The maximum absolute atomic E-state index is 12.2. The first-order chi connectivity index (χ1) is 14.9. The van der Waals surface area contributed by atoms with Gasteiger partial charge >= 0.3 is 196 Å². The maximum atomic E-state index is 12.2. The van der Waals surface area contributed by atoms with Crippen LogP contribution in [0.5, 0.6) is 0 Å². The minimum atomic E-state index is -0.598. The second-order valence-electron chi connectivity index (χ2n) is 7.04. The Bertz CT molecular complexity index is 1170. The number of nitrogens with zero attached hydrogens (tertiary/aromatic N) is 2. The van der Waals surface area contributed by atoms with E-state index < -0.39 is 15.8 Å². The Hall–Kier alpha value is -2.41. The number of aromatic nitrogens is 2. The van der Waals surface area contributed by atoms with E-state index in [1.165, 1.54) is 16.9 Å². The average molecular weight is 517 g/mol. The van der Waals surface area contributed by atoms with E-state index in [4.69, 9.17) is 11.6 Å². The Kier molecular flexibility index (Phi) is 6.60. The van der Waals surface area contributed by atoms with Crippen molar-refractivity contribution in [3.05, 3.63) is 56.4 Å². The van der Waals surface area contributed by atoms with Crippen LogP contribution in [-0.4, -0.2) is 51.1 Å². The van der Waals surface area contributed by atoms with E-state index in [2.05, 4.69) is 25.9 Å². The first-order valence-electron chi connectivity index (χ1n) is 9.64. The zero-order valence-corrected chi connectivity index (χ0v) is 20.4. The van der Waals surface area contributed by atoms with Gasteiger partial charge in [-0.3, -0.25) is 0 Å². The predicted octanol–water partition coefficient (Wildman–Crippen LogP) is 1.47. The number of halogens is 1. The SMILES string of the molecule is CNC(=O)c1scc(C)c1[As]c1nc(Nc2ccc3c(c2)CC(=O)NCC3)ncc1Cl. The molecule has 31 heavy (non-hydrogen) atoms. The van der Waals surface area contributed by atoms with Gasteiger partial charge in [-0.25, -0.2) is 0 Å². The molecule has 1 aliphatic rings. The van der Waals surface area contributed by atoms with Crippen molar-refractivity contribution < 1.29 is 9.59 Å². The number of fused-ring (bicyclic) bond motifs is 1. The summed E-state index contributed by atoms with van der Waals surface area (Å²) in [6.45, 7) is 2.65. The number of anilines is 2. The minimum absolute atomic E-state index is 0.0306. The first-order valence-corrected chi connectivity index (χ1v) is 12.8. The monoisotopic (exact) mass is 516 g/mol. The normalized spacial score (nSPS) is 13.6. The van der Waals surface area contributed by atoms with Gasteiger partial charge in [-0.2, -0.15) is 0 Å². The fourth-order valence-electron chi connectivity index (χ4n) is 3.27. The van der Waals surface area contributed by atoms with Crippen LogP contribution in [0.3, 0.4) is 0 Å². The molecule has 0 saturated heterocycles. The molecule has 3 aromatic rings. The van der Waals surface area contributed by atoms with Gasteiger partial charge in [0.05, 0.1) is 0 Å². The van der Waals surface area contributed by atoms with Crippen LogP contribution in [0.2, 0.25) is 5.02 Å². The number of carbonyl (C=O) groups excluding carboxylic acids is 2. The summed E-state index contributed by atoms with van der Waals surface area (Å²) in [6, 6.07) is 5.97. The number of hydrogen-bond acceptors (Lipinski definition) is 6. The number of hydrogen-bond donors (Lipinski definition) is 3. The number of carbonyl (C=O) groups is 2. The molecular formula is C21H20AsClN5O2S. The van der Waals surface area contributed by atoms with Crippen molar-refractivity contribution in [1.82, 2.24) is 20.6 Å². The molecule has 0 fully saturated rings. The summed E-state index contributed by atoms with van der Waals surface area (Å²) in [5.74, 6) is 0.367. The Morgan fingerprint density at radius 2 is 2.16 bits per heavy atom. The second kappa shape index (κ2) is 9.38. The molecule has 0 unspecified atom stereocenters. The predicted molar refractivity (Wildman–Crippen MR) is 125 cm³/mol. The standard InChI is InChI=1S/C21H20AsClN5O2S/c1-11-10-31-18(20(30)24-2)17(11)22-19-15(23)9-26-21(28-19)27-14-4-3-12-5-6-25-16(29)8-13(12)7-14/h3-4,7,9-10H,5-6,8H2,1-2H3,(H,24,30)(H,25,29)(H,26,27,28). The van der Waals surface area contributed by atoms with Crippen molar-refractivity contribution in [2.45, 2.75) is 19.8 Å². The number of rotatable bonds is 5. The summed E-state index contributed by atoms with van der Waals surface area (Å²) in [7, 11) is 1.63. The Morgan fingerprint density at radius 3 is 2.97 bits per heavy atom. The first kappa shape index (κ1) is 21.8. The van der Waals surface area contributed by atoms with Gasteiger partial charge < -0.3 is 0 Å². The average Bonchev–Trinajstić information content (AvgIpc) is 3.00. The summed E-state index contributed by atoms with van der Waals surface area (Å²) >= 11 is 7.23. The molecule has 2 amide bonds. The molecule has 7 nitrogen and oxygen atoms in total. The Balaban J connectivity index is 1.59. The van der Waals surface area contributed by atoms with Gasteiger partial charge in [-0.15, -0.1) is 0 Å². The fraction of sp³-hybridized carbons (Fsp3) is 0.238. The van der Waals surface area contributed by atoms with Gasteiger partial charge in [0.15, 0.2) is 0 Å².